The predicted octanol–water partition coefficient (Wildman–Crippen LogP) is 5.96. The first-order valence-electron chi connectivity index (χ1n) is 8.90. The van der Waals surface area contributed by atoms with Crippen molar-refractivity contribution >= 4 is 0 Å². The van der Waals surface area contributed by atoms with Crippen LogP contribution in [0.5, 0.6) is 0 Å². The molecule has 0 aromatic rings. The molecule has 0 rings (SSSR count). The van der Waals surface area contributed by atoms with E-state index in [0.717, 1.165) is 19.3 Å². The molecule has 0 amide bonds. The van der Waals surface area contributed by atoms with Gasteiger partial charge in [0.1, 0.15) is 0 Å². The summed E-state index contributed by atoms with van der Waals surface area (Å²) in [6.45, 7) is 22.7. The normalized spacial score (nSPS) is 21.3. The summed E-state index contributed by atoms with van der Waals surface area (Å²) in [6.07, 6.45) is 3.31. The summed E-state index contributed by atoms with van der Waals surface area (Å²) in [5, 5.41) is 0. The van der Waals surface area contributed by atoms with Gasteiger partial charge in [0.15, 0.2) is 5.79 Å². The van der Waals surface area contributed by atoms with Gasteiger partial charge in [0, 0.05) is 20.1 Å². The molecule has 0 aromatic heterocycles. The molecule has 0 N–H and O–H groups in total. The monoisotopic (exact) mass is 313 g/mol. The van der Waals surface area contributed by atoms with Crippen LogP contribution in [0.4, 0.5) is 0 Å². The molecule has 0 fully saturated rings. The van der Waals surface area contributed by atoms with Crippen molar-refractivity contribution < 1.29 is 9.47 Å². The molecule has 4 unspecified atom stereocenters. The smallest absolute Gasteiger partial charge is 0.168 e. The predicted molar refractivity (Wildman–Crippen MR) is 96.7 cm³/mol. The molecule has 0 spiro atoms. The van der Waals surface area contributed by atoms with Crippen LogP contribution in [0.15, 0.2) is 0 Å². The quantitative estimate of drug-likeness (QED) is 0.366. The van der Waals surface area contributed by atoms with E-state index in [1.165, 1.54) is 0 Å². The van der Waals surface area contributed by atoms with Gasteiger partial charge in [-0.25, -0.2) is 0 Å². The van der Waals surface area contributed by atoms with Crippen LogP contribution in [-0.4, -0.2) is 20.0 Å². The maximum absolute atomic E-state index is 5.76. The van der Waals surface area contributed by atoms with E-state index in [1.54, 1.807) is 14.2 Å². The van der Waals surface area contributed by atoms with Crippen molar-refractivity contribution in [1.29, 1.82) is 0 Å². The summed E-state index contributed by atoms with van der Waals surface area (Å²) < 4.78 is 11.5. The summed E-state index contributed by atoms with van der Waals surface area (Å²) in [5.74, 6) is 0.934. The number of rotatable bonds is 10. The van der Waals surface area contributed by atoms with Gasteiger partial charge in [0.05, 0.1) is 0 Å². The minimum absolute atomic E-state index is 0.0886. The summed E-state index contributed by atoms with van der Waals surface area (Å²) >= 11 is 0. The number of hydrogen-bond acceptors (Lipinski definition) is 2. The maximum Gasteiger partial charge on any atom is 0.168 e. The van der Waals surface area contributed by atoms with Crippen molar-refractivity contribution in [3.8, 4) is 0 Å². The first-order chi connectivity index (χ1) is 9.95. The second kappa shape index (κ2) is 8.15. The molecule has 0 heterocycles. The van der Waals surface area contributed by atoms with Crippen LogP contribution in [0.25, 0.3) is 0 Å². The van der Waals surface area contributed by atoms with E-state index in [1.807, 2.05) is 0 Å². The summed E-state index contributed by atoms with van der Waals surface area (Å²) in [7, 11) is 3.51. The topological polar surface area (TPSA) is 18.5 Å². The molecule has 0 saturated carbocycles. The Labute approximate surface area is 140 Å². The zero-order valence-electron chi connectivity index (χ0n) is 16.9. The van der Waals surface area contributed by atoms with E-state index in [9.17, 15) is 0 Å². The lowest BCUT2D eigenvalue weighted by atomic mass is 9.60. The Morgan fingerprint density at radius 1 is 0.955 bits per heavy atom. The molecule has 2 heteroatoms. The summed E-state index contributed by atoms with van der Waals surface area (Å²) in [6, 6.07) is 0. The third-order valence-electron chi connectivity index (χ3n) is 6.72. The van der Waals surface area contributed by atoms with E-state index in [2.05, 4.69) is 62.3 Å². The number of methoxy groups -OCH3 is 2. The van der Waals surface area contributed by atoms with Gasteiger partial charge in [-0.05, 0) is 25.2 Å². The van der Waals surface area contributed by atoms with E-state index in [-0.39, 0.29) is 10.8 Å². The zero-order valence-corrected chi connectivity index (χ0v) is 16.9. The minimum atomic E-state index is -0.533. The van der Waals surface area contributed by atoms with Crippen molar-refractivity contribution in [1.82, 2.24) is 0 Å². The Balaban J connectivity index is 5.49. The van der Waals surface area contributed by atoms with Gasteiger partial charge in [0.2, 0.25) is 0 Å². The SMILES string of the molecule is [CH2-]C(C)(C(C)C)C(C)CC(C)(CC)C(CC)C(C)(OC)OC. The van der Waals surface area contributed by atoms with Gasteiger partial charge >= 0.3 is 0 Å². The van der Waals surface area contributed by atoms with Crippen LogP contribution in [0.1, 0.15) is 74.7 Å². The molecule has 0 aliphatic carbocycles. The minimum Gasteiger partial charge on any atom is -0.353 e. The lowest BCUT2D eigenvalue weighted by Gasteiger charge is -2.51. The Morgan fingerprint density at radius 3 is 1.68 bits per heavy atom. The average Bonchev–Trinajstić information content (AvgIpc) is 2.47. The molecular formula is C20H41O2-. The van der Waals surface area contributed by atoms with Crippen LogP contribution in [-0.2, 0) is 9.47 Å². The van der Waals surface area contributed by atoms with Gasteiger partial charge in [-0.3, -0.25) is 0 Å². The van der Waals surface area contributed by atoms with Crippen molar-refractivity contribution in [2.45, 2.75) is 80.4 Å². The highest BCUT2D eigenvalue weighted by molar-refractivity contribution is 4.94. The first-order valence-corrected chi connectivity index (χ1v) is 8.90. The van der Waals surface area contributed by atoms with Gasteiger partial charge in [-0.2, -0.15) is 5.41 Å². The van der Waals surface area contributed by atoms with E-state index < -0.39 is 5.79 Å². The first kappa shape index (κ1) is 21.9. The molecule has 0 aliphatic heterocycles. The Morgan fingerprint density at radius 2 is 1.41 bits per heavy atom. The van der Waals surface area contributed by atoms with Crippen LogP contribution < -0.4 is 0 Å². The second-order valence-corrected chi connectivity index (χ2v) is 8.16. The molecule has 22 heavy (non-hydrogen) atoms. The van der Waals surface area contributed by atoms with Crippen LogP contribution >= 0.6 is 0 Å². The highest BCUT2D eigenvalue weighted by Crippen LogP contribution is 2.50. The molecule has 0 aromatic carbocycles. The van der Waals surface area contributed by atoms with Gasteiger partial charge in [-0.15, -0.1) is 0 Å². The highest BCUT2D eigenvalue weighted by atomic mass is 16.7. The summed E-state index contributed by atoms with van der Waals surface area (Å²) in [4.78, 5) is 0. The molecule has 0 saturated heterocycles. The van der Waals surface area contributed by atoms with Gasteiger partial charge in [-0.1, -0.05) is 66.7 Å². The van der Waals surface area contributed by atoms with Gasteiger partial charge in [0.25, 0.3) is 0 Å². The standard InChI is InChI=1S/C20H41O2/c1-12-17(20(9,21-10)22-11)19(8,13-2)14-16(5)18(6,7)15(3)4/h15-17H,6,12-14H2,1-5,7-11H3/q-1. The number of hydrogen-bond donors (Lipinski definition) is 0. The second-order valence-electron chi connectivity index (χ2n) is 8.16. The molecule has 0 radical (unpaired) electrons. The van der Waals surface area contributed by atoms with Gasteiger partial charge < -0.3 is 16.4 Å². The Bertz CT molecular complexity index is 318. The largest absolute Gasteiger partial charge is 0.353 e. The lowest BCUT2D eigenvalue weighted by Crippen LogP contribution is -2.48. The molecule has 0 aliphatic rings. The molecule has 2 nitrogen and oxygen atoms in total. The average molecular weight is 314 g/mol. The van der Waals surface area contributed by atoms with E-state index in [4.69, 9.17) is 9.47 Å². The van der Waals surface area contributed by atoms with Crippen molar-refractivity contribution in [3.63, 3.8) is 0 Å². The fourth-order valence-electron chi connectivity index (χ4n) is 3.90. The molecule has 0 bridgehead atoms. The Hall–Kier alpha value is -0.0800. The highest BCUT2D eigenvalue weighted by Gasteiger charge is 2.46. The maximum atomic E-state index is 5.76. The third-order valence-corrected chi connectivity index (χ3v) is 6.72. The fourth-order valence-corrected chi connectivity index (χ4v) is 3.90. The van der Waals surface area contributed by atoms with Crippen LogP contribution in [0.2, 0.25) is 0 Å². The van der Waals surface area contributed by atoms with Crippen molar-refractivity contribution in [3.05, 3.63) is 6.92 Å². The van der Waals surface area contributed by atoms with Crippen molar-refractivity contribution in [2.75, 3.05) is 14.2 Å². The van der Waals surface area contributed by atoms with Crippen LogP contribution in [0, 0.1) is 35.5 Å². The zero-order chi connectivity index (χ0) is 17.8. The fraction of sp³-hybridized carbons (Fsp3) is 0.950. The molecule has 4 atom stereocenters. The lowest BCUT2D eigenvalue weighted by molar-refractivity contribution is -0.252. The summed E-state index contributed by atoms with van der Waals surface area (Å²) in [5.41, 5.74) is 0.258. The van der Waals surface area contributed by atoms with E-state index >= 15 is 0 Å². The van der Waals surface area contributed by atoms with Crippen molar-refractivity contribution in [2.24, 2.45) is 28.6 Å². The number of ether oxygens (including phenoxy) is 2. The molecular weight excluding hydrogens is 272 g/mol. The third kappa shape index (κ3) is 4.47. The van der Waals surface area contributed by atoms with E-state index in [0.29, 0.717) is 17.8 Å². The molecule has 134 valence electrons. The van der Waals surface area contributed by atoms with Crippen LogP contribution in [0.3, 0.4) is 0 Å². The Kier molecular flexibility index (Phi) is 8.12.